The van der Waals surface area contributed by atoms with Gasteiger partial charge in [0.15, 0.2) is 0 Å². The molecule has 0 aromatic carbocycles. The van der Waals surface area contributed by atoms with Gasteiger partial charge in [-0.25, -0.2) is 4.79 Å². The third-order valence-electron chi connectivity index (χ3n) is 3.09. The van der Waals surface area contributed by atoms with Gasteiger partial charge in [0.2, 0.25) is 5.91 Å². The second-order valence-corrected chi connectivity index (χ2v) is 6.47. The molecule has 1 heterocycles. The Morgan fingerprint density at radius 3 is 2.58 bits per heavy atom. The lowest BCUT2D eigenvalue weighted by Gasteiger charge is -2.31. The minimum atomic E-state index is -0.219. The molecule has 5 heteroatoms. The number of carbonyl (C=O) groups excluding carboxylic acids is 2. The molecule has 0 bridgehead atoms. The third-order valence-corrected chi connectivity index (χ3v) is 3.09. The number of hydrogen-bond acceptors (Lipinski definition) is 2. The molecular weight excluding hydrogens is 242 g/mol. The van der Waals surface area contributed by atoms with Crippen LogP contribution in [-0.4, -0.2) is 42.0 Å². The van der Waals surface area contributed by atoms with Crippen molar-refractivity contribution in [2.45, 2.75) is 52.5 Å². The first-order valence-corrected chi connectivity index (χ1v) is 7.12. The van der Waals surface area contributed by atoms with E-state index in [1.807, 2.05) is 25.7 Å². The zero-order valence-corrected chi connectivity index (χ0v) is 12.6. The van der Waals surface area contributed by atoms with Crippen LogP contribution in [0.2, 0.25) is 0 Å². The standard InChI is InChI=1S/C14H27N3O2/c1-11-6-5-9-17(10-11)13(19)15-8-7-12(18)16-14(2,3)4/h11H,5-10H2,1-4H3,(H,15,19)(H,16,18). The van der Waals surface area contributed by atoms with Crippen molar-refractivity contribution in [1.82, 2.24) is 15.5 Å². The van der Waals surface area contributed by atoms with Crippen LogP contribution in [0, 0.1) is 5.92 Å². The number of carbonyl (C=O) groups is 2. The van der Waals surface area contributed by atoms with E-state index < -0.39 is 0 Å². The molecule has 1 aliphatic heterocycles. The molecule has 0 aromatic heterocycles. The number of likely N-dealkylation sites (tertiary alicyclic amines) is 1. The van der Waals surface area contributed by atoms with Gasteiger partial charge in [-0.15, -0.1) is 0 Å². The Kier molecular flexibility index (Phi) is 5.63. The molecule has 0 saturated carbocycles. The molecule has 19 heavy (non-hydrogen) atoms. The first kappa shape index (κ1) is 15.8. The van der Waals surface area contributed by atoms with Crippen LogP contribution in [0.3, 0.4) is 0 Å². The van der Waals surface area contributed by atoms with Gasteiger partial charge in [0, 0.05) is 31.6 Å². The second-order valence-electron chi connectivity index (χ2n) is 6.47. The maximum atomic E-state index is 11.9. The number of urea groups is 1. The van der Waals surface area contributed by atoms with Crippen LogP contribution in [0.25, 0.3) is 0 Å². The lowest BCUT2D eigenvalue weighted by Crippen LogP contribution is -2.46. The van der Waals surface area contributed by atoms with Crippen molar-refractivity contribution >= 4 is 11.9 Å². The quantitative estimate of drug-likeness (QED) is 0.819. The fourth-order valence-electron chi connectivity index (χ4n) is 2.25. The molecule has 1 saturated heterocycles. The fourth-order valence-corrected chi connectivity index (χ4v) is 2.25. The zero-order chi connectivity index (χ0) is 14.5. The van der Waals surface area contributed by atoms with Gasteiger partial charge in [-0.05, 0) is 39.5 Å². The Morgan fingerprint density at radius 1 is 1.32 bits per heavy atom. The predicted molar refractivity (Wildman–Crippen MR) is 75.9 cm³/mol. The van der Waals surface area contributed by atoms with E-state index in [2.05, 4.69) is 17.6 Å². The summed E-state index contributed by atoms with van der Waals surface area (Å²) in [7, 11) is 0. The topological polar surface area (TPSA) is 61.4 Å². The van der Waals surface area contributed by atoms with Gasteiger partial charge in [-0.3, -0.25) is 4.79 Å². The summed E-state index contributed by atoms with van der Waals surface area (Å²) >= 11 is 0. The van der Waals surface area contributed by atoms with Crippen molar-refractivity contribution in [3.63, 3.8) is 0 Å². The van der Waals surface area contributed by atoms with Gasteiger partial charge in [-0.2, -0.15) is 0 Å². The molecule has 5 nitrogen and oxygen atoms in total. The maximum Gasteiger partial charge on any atom is 0.317 e. The average Bonchev–Trinajstić information content (AvgIpc) is 2.26. The van der Waals surface area contributed by atoms with Crippen molar-refractivity contribution in [3.8, 4) is 0 Å². The molecule has 110 valence electrons. The summed E-state index contributed by atoms with van der Waals surface area (Å²) in [6.45, 7) is 10.0. The minimum Gasteiger partial charge on any atom is -0.351 e. The molecule has 1 rings (SSSR count). The molecule has 3 amide bonds. The Hall–Kier alpha value is -1.26. The predicted octanol–water partition coefficient (Wildman–Crippen LogP) is 1.73. The monoisotopic (exact) mass is 269 g/mol. The highest BCUT2D eigenvalue weighted by Crippen LogP contribution is 2.15. The number of rotatable bonds is 3. The van der Waals surface area contributed by atoms with E-state index in [1.165, 1.54) is 6.42 Å². The van der Waals surface area contributed by atoms with E-state index in [0.29, 0.717) is 18.9 Å². The van der Waals surface area contributed by atoms with Crippen molar-refractivity contribution in [3.05, 3.63) is 0 Å². The normalized spacial score (nSPS) is 20.0. The highest BCUT2D eigenvalue weighted by molar-refractivity contribution is 5.78. The van der Waals surface area contributed by atoms with Crippen LogP contribution < -0.4 is 10.6 Å². The summed E-state index contributed by atoms with van der Waals surface area (Å²) in [6.07, 6.45) is 2.59. The maximum absolute atomic E-state index is 11.9. The van der Waals surface area contributed by atoms with E-state index in [1.54, 1.807) is 0 Å². The van der Waals surface area contributed by atoms with Crippen LogP contribution in [0.4, 0.5) is 4.79 Å². The molecule has 1 unspecified atom stereocenters. The van der Waals surface area contributed by atoms with Crippen LogP contribution in [0.15, 0.2) is 0 Å². The van der Waals surface area contributed by atoms with Crippen molar-refractivity contribution in [1.29, 1.82) is 0 Å². The number of hydrogen-bond donors (Lipinski definition) is 2. The van der Waals surface area contributed by atoms with Crippen LogP contribution in [-0.2, 0) is 4.79 Å². The number of nitrogens with one attached hydrogen (secondary N) is 2. The molecule has 0 spiro atoms. The molecule has 1 aliphatic rings. The van der Waals surface area contributed by atoms with E-state index in [9.17, 15) is 9.59 Å². The van der Waals surface area contributed by atoms with Gasteiger partial charge in [0.1, 0.15) is 0 Å². The number of amides is 3. The summed E-state index contributed by atoms with van der Waals surface area (Å²) in [5.74, 6) is 0.545. The van der Waals surface area contributed by atoms with Gasteiger partial charge in [0.25, 0.3) is 0 Å². The highest BCUT2D eigenvalue weighted by Gasteiger charge is 2.20. The minimum absolute atomic E-state index is 0.0280. The summed E-state index contributed by atoms with van der Waals surface area (Å²) in [5, 5.41) is 5.69. The molecule has 0 aliphatic carbocycles. The van der Waals surface area contributed by atoms with Crippen molar-refractivity contribution < 1.29 is 9.59 Å². The van der Waals surface area contributed by atoms with Crippen molar-refractivity contribution in [2.24, 2.45) is 5.92 Å². The Bertz CT molecular complexity index is 323. The largest absolute Gasteiger partial charge is 0.351 e. The lowest BCUT2D eigenvalue weighted by molar-refractivity contribution is -0.122. The van der Waals surface area contributed by atoms with Crippen molar-refractivity contribution in [2.75, 3.05) is 19.6 Å². The van der Waals surface area contributed by atoms with Gasteiger partial charge in [-0.1, -0.05) is 6.92 Å². The molecular formula is C14H27N3O2. The second kappa shape index (κ2) is 6.78. The van der Waals surface area contributed by atoms with Crippen LogP contribution >= 0.6 is 0 Å². The lowest BCUT2D eigenvalue weighted by atomic mass is 10.0. The Labute approximate surface area is 116 Å². The smallest absolute Gasteiger partial charge is 0.317 e. The van der Waals surface area contributed by atoms with E-state index in [0.717, 1.165) is 19.5 Å². The first-order valence-electron chi connectivity index (χ1n) is 7.12. The fraction of sp³-hybridized carbons (Fsp3) is 0.857. The number of piperidine rings is 1. The Balaban J connectivity index is 2.21. The zero-order valence-electron chi connectivity index (χ0n) is 12.6. The van der Waals surface area contributed by atoms with Gasteiger partial charge >= 0.3 is 6.03 Å². The van der Waals surface area contributed by atoms with Gasteiger partial charge in [0.05, 0.1) is 0 Å². The molecule has 0 radical (unpaired) electrons. The molecule has 1 atom stereocenters. The summed E-state index contributed by atoms with van der Waals surface area (Å²) in [5.41, 5.74) is -0.219. The van der Waals surface area contributed by atoms with Crippen LogP contribution in [0.5, 0.6) is 0 Å². The van der Waals surface area contributed by atoms with E-state index in [4.69, 9.17) is 0 Å². The first-order chi connectivity index (χ1) is 8.78. The molecule has 2 N–H and O–H groups in total. The van der Waals surface area contributed by atoms with E-state index in [-0.39, 0.29) is 17.5 Å². The highest BCUT2D eigenvalue weighted by atomic mass is 16.2. The molecule has 0 aromatic rings. The number of nitrogens with zero attached hydrogens (tertiary/aromatic N) is 1. The third kappa shape index (κ3) is 6.45. The van der Waals surface area contributed by atoms with Gasteiger partial charge < -0.3 is 15.5 Å². The molecule has 1 fully saturated rings. The average molecular weight is 269 g/mol. The SMILES string of the molecule is CC1CCCN(C(=O)NCCC(=O)NC(C)(C)C)C1. The Morgan fingerprint density at radius 2 is 2.00 bits per heavy atom. The summed E-state index contributed by atoms with van der Waals surface area (Å²) in [6, 6.07) is -0.0462. The summed E-state index contributed by atoms with van der Waals surface area (Å²) < 4.78 is 0. The van der Waals surface area contributed by atoms with Crippen LogP contribution in [0.1, 0.15) is 47.0 Å². The van der Waals surface area contributed by atoms with E-state index >= 15 is 0 Å². The summed E-state index contributed by atoms with van der Waals surface area (Å²) in [4.78, 5) is 25.3.